The lowest BCUT2D eigenvalue weighted by Crippen LogP contribution is -2.41. The second-order valence-corrected chi connectivity index (χ2v) is 7.42. The Kier molecular flexibility index (Phi) is 5.66. The van der Waals surface area contributed by atoms with Gasteiger partial charge in [0.2, 0.25) is 5.91 Å². The lowest BCUT2D eigenvalue weighted by molar-refractivity contribution is -0.117. The van der Waals surface area contributed by atoms with Crippen LogP contribution in [0.25, 0.3) is 10.9 Å². The van der Waals surface area contributed by atoms with E-state index in [4.69, 9.17) is 0 Å². The minimum atomic E-state index is -0.415. The highest BCUT2D eigenvalue weighted by Gasteiger charge is 2.25. The molecule has 0 bridgehead atoms. The van der Waals surface area contributed by atoms with Gasteiger partial charge < -0.3 is 10.3 Å². The van der Waals surface area contributed by atoms with E-state index in [1.807, 2.05) is 70.2 Å². The lowest BCUT2D eigenvalue weighted by Gasteiger charge is -2.23. The van der Waals surface area contributed by atoms with Crippen LogP contribution in [0.4, 0.5) is 5.69 Å². The molecular formula is C23H27N3O2. The third kappa shape index (κ3) is 3.85. The highest BCUT2D eigenvalue weighted by Crippen LogP contribution is 2.24. The predicted molar refractivity (Wildman–Crippen MR) is 114 cm³/mol. The molecule has 3 aromatic rings. The first kappa shape index (κ1) is 19.8. The molecule has 1 amide bonds. The number of Topliss-reactive ketones (excluding diaryl/α,β-unsaturated/α-hetero) is 1. The standard InChI is InChI=1S/C23H27N3O2/c1-14-9-8-12-19(15(14)2)25-21(27)13-26(5)17(4)23(28)22-16(3)24-20-11-7-6-10-18(20)22/h6-12,17,24H,13H2,1-5H3,(H,25,27)/t17-/m0/s1. The van der Waals surface area contributed by atoms with Crippen LogP contribution in [0.3, 0.4) is 0 Å². The summed E-state index contributed by atoms with van der Waals surface area (Å²) in [5.74, 6) is -0.122. The maximum Gasteiger partial charge on any atom is 0.238 e. The first-order chi connectivity index (χ1) is 13.3. The number of benzene rings is 2. The summed E-state index contributed by atoms with van der Waals surface area (Å²) in [6, 6.07) is 13.2. The summed E-state index contributed by atoms with van der Waals surface area (Å²) in [4.78, 5) is 30.7. The molecule has 1 atom stereocenters. The minimum absolute atomic E-state index is 0.0111. The molecule has 28 heavy (non-hydrogen) atoms. The van der Waals surface area contributed by atoms with Crippen LogP contribution in [0.2, 0.25) is 0 Å². The van der Waals surface area contributed by atoms with Crippen molar-refractivity contribution in [3.05, 3.63) is 64.8 Å². The number of amides is 1. The van der Waals surface area contributed by atoms with Gasteiger partial charge in [0.05, 0.1) is 12.6 Å². The average molecular weight is 377 g/mol. The Balaban J connectivity index is 1.72. The Morgan fingerprint density at radius 1 is 1.07 bits per heavy atom. The predicted octanol–water partition coefficient (Wildman–Crippen LogP) is 4.23. The van der Waals surface area contributed by atoms with Crippen molar-refractivity contribution < 1.29 is 9.59 Å². The van der Waals surface area contributed by atoms with Crippen molar-refractivity contribution in [1.82, 2.24) is 9.88 Å². The van der Waals surface area contributed by atoms with Crippen molar-refractivity contribution in [3.63, 3.8) is 0 Å². The lowest BCUT2D eigenvalue weighted by atomic mass is 10.0. The van der Waals surface area contributed by atoms with Gasteiger partial charge in [-0.2, -0.15) is 0 Å². The number of hydrogen-bond donors (Lipinski definition) is 2. The van der Waals surface area contributed by atoms with E-state index in [1.54, 1.807) is 11.9 Å². The average Bonchev–Trinajstić information content (AvgIpc) is 2.99. The molecule has 0 aliphatic carbocycles. The largest absolute Gasteiger partial charge is 0.358 e. The van der Waals surface area contributed by atoms with Gasteiger partial charge in [-0.15, -0.1) is 0 Å². The van der Waals surface area contributed by atoms with E-state index in [0.717, 1.165) is 33.4 Å². The Morgan fingerprint density at radius 2 is 1.79 bits per heavy atom. The zero-order chi connectivity index (χ0) is 20.4. The van der Waals surface area contributed by atoms with E-state index in [0.29, 0.717) is 5.56 Å². The number of aromatic amines is 1. The van der Waals surface area contributed by atoms with E-state index in [9.17, 15) is 9.59 Å². The molecule has 5 nitrogen and oxygen atoms in total. The second-order valence-electron chi connectivity index (χ2n) is 7.42. The van der Waals surface area contributed by atoms with Crippen molar-refractivity contribution in [2.75, 3.05) is 18.9 Å². The summed E-state index contributed by atoms with van der Waals surface area (Å²) in [6.45, 7) is 7.89. The first-order valence-electron chi connectivity index (χ1n) is 9.47. The molecule has 0 radical (unpaired) electrons. The summed E-state index contributed by atoms with van der Waals surface area (Å²) in [7, 11) is 1.80. The number of carbonyl (C=O) groups excluding carboxylic acids is 2. The fourth-order valence-corrected chi connectivity index (χ4v) is 3.44. The number of aromatic nitrogens is 1. The quantitative estimate of drug-likeness (QED) is 0.632. The van der Waals surface area contributed by atoms with E-state index in [2.05, 4.69) is 10.3 Å². The van der Waals surface area contributed by atoms with Crippen molar-refractivity contribution >= 4 is 28.3 Å². The summed E-state index contributed by atoms with van der Waals surface area (Å²) >= 11 is 0. The van der Waals surface area contributed by atoms with Gasteiger partial charge in [-0.3, -0.25) is 14.5 Å². The van der Waals surface area contributed by atoms with Gasteiger partial charge in [0.1, 0.15) is 0 Å². The van der Waals surface area contributed by atoms with E-state index < -0.39 is 6.04 Å². The van der Waals surface area contributed by atoms with Gasteiger partial charge >= 0.3 is 0 Å². The molecule has 2 aromatic carbocycles. The number of H-pyrrole nitrogens is 1. The van der Waals surface area contributed by atoms with Crippen molar-refractivity contribution in [2.24, 2.45) is 0 Å². The molecule has 0 aliphatic heterocycles. The number of para-hydroxylation sites is 1. The SMILES string of the molecule is Cc1cccc(NC(=O)CN(C)[C@@H](C)C(=O)c2c(C)[nH]c3ccccc23)c1C. The van der Waals surface area contributed by atoms with Gasteiger partial charge in [-0.25, -0.2) is 0 Å². The highest BCUT2D eigenvalue weighted by atomic mass is 16.2. The smallest absolute Gasteiger partial charge is 0.238 e. The van der Waals surface area contributed by atoms with Gasteiger partial charge in [0.15, 0.2) is 5.78 Å². The van der Waals surface area contributed by atoms with Gasteiger partial charge in [0.25, 0.3) is 0 Å². The van der Waals surface area contributed by atoms with Crippen molar-refractivity contribution in [3.8, 4) is 0 Å². The number of nitrogens with one attached hydrogen (secondary N) is 2. The molecule has 0 fully saturated rings. The van der Waals surface area contributed by atoms with E-state index in [1.165, 1.54) is 0 Å². The zero-order valence-electron chi connectivity index (χ0n) is 17.1. The van der Waals surface area contributed by atoms with Crippen LogP contribution in [0.1, 0.15) is 34.1 Å². The molecule has 0 aliphatic rings. The van der Waals surface area contributed by atoms with Crippen molar-refractivity contribution in [1.29, 1.82) is 0 Å². The fourth-order valence-electron chi connectivity index (χ4n) is 3.44. The molecule has 5 heteroatoms. The topological polar surface area (TPSA) is 65.2 Å². The Bertz CT molecular complexity index is 1040. The number of aryl methyl sites for hydroxylation is 2. The van der Waals surface area contributed by atoms with Gasteiger partial charge in [-0.1, -0.05) is 30.3 Å². The van der Waals surface area contributed by atoms with Crippen LogP contribution in [-0.4, -0.2) is 41.2 Å². The monoisotopic (exact) mass is 377 g/mol. The number of likely N-dealkylation sites (N-methyl/N-ethyl adjacent to an activating group) is 1. The Labute approximate surface area is 165 Å². The molecule has 0 spiro atoms. The Morgan fingerprint density at radius 3 is 2.54 bits per heavy atom. The number of carbonyl (C=O) groups is 2. The molecule has 0 unspecified atom stereocenters. The molecule has 3 rings (SSSR count). The maximum atomic E-state index is 13.1. The van der Waals surface area contributed by atoms with Crippen LogP contribution in [0, 0.1) is 20.8 Å². The Hall–Kier alpha value is -2.92. The van der Waals surface area contributed by atoms with E-state index in [-0.39, 0.29) is 18.2 Å². The molecule has 1 heterocycles. The van der Waals surface area contributed by atoms with Crippen LogP contribution in [0.15, 0.2) is 42.5 Å². The summed E-state index contributed by atoms with van der Waals surface area (Å²) in [6.07, 6.45) is 0. The van der Waals surface area contributed by atoms with Gasteiger partial charge in [0, 0.05) is 27.8 Å². The molecular weight excluding hydrogens is 350 g/mol. The number of anilines is 1. The first-order valence-corrected chi connectivity index (χ1v) is 9.47. The van der Waals surface area contributed by atoms with Crippen LogP contribution in [-0.2, 0) is 4.79 Å². The maximum absolute atomic E-state index is 13.1. The molecule has 1 aromatic heterocycles. The third-order valence-corrected chi connectivity index (χ3v) is 5.45. The molecule has 0 saturated carbocycles. The molecule has 146 valence electrons. The van der Waals surface area contributed by atoms with Crippen LogP contribution in [0.5, 0.6) is 0 Å². The zero-order valence-corrected chi connectivity index (χ0v) is 17.1. The van der Waals surface area contributed by atoms with Crippen LogP contribution >= 0.6 is 0 Å². The van der Waals surface area contributed by atoms with Gasteiger partial charge in [-0.05, 0) is 58.0 Å². The number of ketones is 1. The van der Waals surface area contributed by atoms with Crippen molar-refractivity contribution in [2.45, 2.75) is 33.7 Å². The molecule has 2 N–H and O–H groups in total. The second kappa shape index (κ2) is 7.98. The summed E-state index contributed by atoms with van der Waals surface area (Å²) < 4.78 is 0. The third-order valence-electron chi connectivity index (χ3n) is 5.45. The van der Waals surface area contributed by atoms with Crippen LogP contribution < -0.4 is 5.32 Å². The number of hydrogen-bond acceptors (Lipinski definition) is 3. The number of fused-ring (bicyclic) bond motifs is 1. The van der Waals surface area contributed by atoms with E-state index >= 15 is 0 Å². The fraction of sp³-hybridized carbons (Fsp3) is 0.304. The summed E-state index contributed by atoms with van der Waals surface area (Å²) in [5, 5.41) is 3.87. The number of rotatable bonds is 6. The highest BCUT2D eigenvalue weighted by molar-refractivity contribution is 6.11. The molecule has 0 saturated heterocycles. The normalized spacial score (nSPS) is 12.4. The minimum Gasteiger partial charge on any atom is -0.358 e. The number of nitrogens with zero attached hydrogens (tertiary/aromatic N) is 1. The summed E-state index contributed by atoms with van der Waals surface area (Å²) in [5.41, 5.74) is 5.49.